The zero-order valence-corrected chi connectivity index (χ0v) is 17.5. The number of rotatable bonds is 4. The Balaban J connectivity index is 1.72. The fourth-order valence-corrected chi connectivity index (χ4v) is 4.04. The number of nitrogens with one attached hydrogen (secondary N) is 1. The van der Waals surface area contributed by atoms with Crippen LogP contribution >= 0.6 is 12.2 Å². The fourth-order valence-electron chi connectivity index (χ4n) is 3.76. The van der Waals surface area contributed by atoms with E-state index in [1.165, 1.54) is 10.8 Å². The molecule has 1 aromatic carbocycles. The third kappa shape index (κ3) is 4.04. The highest BCUT2D eigenvalue weighted by Crippen LogP contribution is 2.30. The number of hydrazone groups is 1. The Morgan fingerprint density at radius 2 is 2.17 bits per heavy atom. The lowest BCUT2D eigenvalue weighted by molar-refractivity contribution is 0.156. The molecule has 2 N–H and O–H groups in total. The molecule has 2 aromatic heterocycles. The molecule has 3 aromatic rings. The van der Waals surface area contributed by atoms with Crippen LogP contribution in [0, 0.1) is 11.7 Å². The summed E-state index contributed by atoms with van der Waals surface area (Å²) in [5.74, 6) is -0.229. The van der Waals surface area contributed by atoms with Crippen molar-refractivity contribution in [2.24, 2.45) is 5.10 Å². The third-order valence-corrected chi connectivity index (χ3v) is 5.54. The molecule has 0 unspecified atom stereocenters. The predicted octanol–water partition coefficient (Wildman–Crippen LogP) is 3.87. The molecular weight excluding hydrogens is 398 g/mol. The summed E-state index contributed by atoms with van der Waals surface area (Å²) in [6.45, 7) is 2.72. The van der Waals surface area contributed by atoms with Crippen molar-refractivity contribution in [2.45, 2.75) is 32.2 Å². The van der Waals surface area contributed by atoms with Gasteiger partial charge in [-0.15, -0.1) is 0 Å². The largest absolute Gasteiger partial charge is 0.494 e. The van der Waals surface area contributed by atoms with Gasteiger partial charge in [-0.1, -0.05) is 18.2 Å². The maximum atomic E-state index is 12.5. The first kappa shape index (κ1) is 20.0. The first-order valence-corrected chi connectivity index (χ1v) is 10.3. The van der Waals surface area contributed by atoms with Crippen molar-refractivity contribution >= 4 is 18.4 Å². The molecule has 1 atom stereocenters. The van der Waals surface area contributed by atoms with Gasteiger partial charge < -0.3 is 5.11 Å². The van der Waals surface area contributed by atoms with E-state index in [1.807, 2.05) is 54.5 Å². The minimum absolute atomic E-state index is 0.0700. The van der Waals surface area contributed by atoms with E-state index in [4.69, 9.17) is 12.2 Å². The monoisotopic (exact) mass is 421 g/mol. The van der Waals surface area contributed by atoms with Crippen LogP contribution in [0.3, 0.4) is 0 Å². The second-order valence-corrected chi connectivity index (χ2v) is 7.76. The van der Waals surface area contributed by atoms with E-state index in [-0.39, 0.29) is 22.3 Å². The topological polar surface area (TPSA) is 86.5 Å². The van der Waals surface area contributed by atoms with Gasteiger partial charge in [-0.2, -0.15) is 5.10 Å². The van der Waals surface area contributed by atoms with Crippen molar-refractivity contribution in [1.29, 1.82) is 0 Å². The Labute approximate surface area is 179 Å². The second-order valence-electron chi connectivity index (χ2n) is 7.38. The number of aromatic nitrogens is 3. The van der Waals surface area contributed by atoms with Crippen molar-refractivity contribution in [3.63, 3.8) is 0 Å². The van der Waals surface area contributed by atoms with Gasteiger partial charge in [-0.05, 0) is 67.7 Å². The van der Waals surface area contributed by atoms with Crippen LogP contribution in [-0.2, 0) is 0 Å². The van der Waals surface area contributed by atoms with Crippen molar-refractivity contribution in [2.75, 3.05) is 6.54 Å². The van der Waals surface area contributed by atoms with Crippen molar-refractivity contribution in [3.05, 3.63) is 80.6 Å². The van der Waals surface area contributed by atoms with Crippen LogP contribution in [0.25, 0.3) is 5.69 Å². The van der Waals surface area contributed by atoms with Crippen molar-refractivity contribution < 1.29 is 5.11 Å². The number of pyridine rings is 1. The van der Waals surface area contributed by atoms with E-state index in [0.29, 0.717) is 5.69 Å². The van der Waals surface area contributed by atoms with Gasteiger partial charge in [-0.25, -0.2) is 0 Å². The Bertz CT molecular complexity index is 1190. The van der Waals surface area contributed by atoms with Crippen molar-refractivity contribution in [3.8, 4) is 11.6 Å². The third-order valence-electron chi connectivity index (χ3n) is 5.26. The average Bonchev–Trinajstić information content (AvgIpc) is 2.74. The number of nitrogens with zero attached hydrogens (tertiary/aromatic N) is 4. The van der Waals surface area contributed by atoms with Gasteiger partial charge in [0.25, 0.3) is 5.56 Å². The molecule has 0 saturated carbocycles. The highest BCUT2D eigenvalue weighted by atomic mass is 32.1. The highest BCUT2D eigenvalue weighted by Gasteiger charge is 2.23. The molecule has 1 fully saturated rings. The lowest BCUT2D eigenvalue weighted by atomic mass is 9.98. The number of hydrogen-bond acceptors (Lipinski definition) is 6. The van der Waals surface area contributed by atoms with Crippen LogP contribution in [0.15, 0.2) is 58.7 Å². The maximum Gasteiger partial charge on any atom is 0.264 e. The van der Waals surface area contributed by atoms with E-state index in [9.17, 15) is 9.90 Å². The average molecular weight is 422 g/mol. The molecule has 7 nitrogen and oxygen atoms in total. The number of H-pyrrole nitrogens is 1. The number of hydrogen-bond donors (Lipinski definition) is 2. The summed E-state index contributed by atoms with van der Waals surface area (Å²) in [5, 5.41) is 17.4. The van der Waals surface area contributed by atoms with Crippen LogP contribution in [0.5, 0.6) is 5.88 Å². The van der Waals surface area contributed by atoms with Crippen LogP contribution in [-0.4, -0.2) is 37.4 Å². The quantitative estimate of drug-likeness (QED) is 0.493. The molecule has 0 bridgehead atoms. The lowest BCUT2D eigenvalue weighted by Gasteiger charge is -2.33. The molecule has 154 valence electrons. The van der Waals surface area contributed by atoms with Crippen LogP contribution in [0.2, 0.25) is 0 Å². The minimum atomic E-state index is -0.472. The number of benzene rings is 1. The zero-order chi connectivity index (χ0) is 21.1. The Morgan fingerprint density at radius 1 is 1.30 bits per heavy atom. The molecule has 0 radical (unpaired) electrons. The molecule has 1 saturated heterocycles. The van der Waals surface area contributed by atoms with E-state index in [2.05, 4.69) is 15.1 Å². The lowest BCUT2D eigenvalue weighted by Crippen LogP contribution is -2.29. The maximum absolute atomic E-state index is 12.5. The Hall–Kier alpha value is -3.26. The molecule has 0 aliphatic carbocycles. The summed E-state index contributed by atoms with van der Waals surface area (Å²) >= 11 is 5.29. The summed E-state index contributed by atoms with van der Waals surface area (Å²) in [5.41, 5.74) is 2.38. The summed E-state index contributed by atoms with van der Waals surface area (Å²) in [7, 11) is 0. The van der Waals surface area contributed by atoms with Gasteiger partial charge in [0, 0.05) is 18.9 Å². The van der Waals surface area contributed by atoms with Gasteiger partial charge in [0.2, 0.25) is 5.88 Å². The van der Waals surface area contributed by atoms with Crippen LogP contribution in [0.1, 0.15) is 42.0 Å². The highest BCUT2D eigenvalue weighted by molar-refractivity contribution is 7.71. The second kappa shape index (κ2) is 8.62. The number of aryl methyl sites for hydroxylation is 1. The Morgan fingerprint density at radius 3 is 2.93 bits per heavy atom. The normalized spacial score (nSPS) is 16.8. The smallest absolute Gasteiger partial charge is 0.264 e. The minimum Gasteiger partial charge on any atom is -0.494 e. The molecule has 0 spiro atoms. The molecular formula is C22H23N5O2S. The zero-order valence-electron chi connectivity index (χ0n) is 16.7. The SMILES string of the molecule is Cc1cccc(-n2c(O)c(C=NN3CCCC[C@@H]3c3cccnc3)c(=O)[nH]c2=S)c1. The van der Waals surface area contributed by atoms with Crippen LogP contribution < -0.4 is 5.56 Å². The summed E-state index contributed by atoms with van der Waals surface area (Å²) in [6.07, 6.45) is 8.10. The molecule has 0 amide bonds. The first-order valence-electron chi connectivity index (χ1n) is 9.90. The van der Waals surface area contributed by atoms with E-state index in [0.717, 1.165) is 36.9 Å². The first-order chi connectivity index (χ1) is 14.5. The van der Waals surface area contributed by atoms with Gasteiger partial charge in [0.15, 0.2) is 4.77 Å². The standard InChI is InChI=1S/C22H23N5O2S/c1-15-6-4-8-17(12-15)27-21(29)18(20(28)25-22(27)30)14-24-26-11-3-2-9-19(26)16-7-5-10-23-13-16/h4-8,10,12-14,19,29H,2-3,9,11H2,1H3,(H,25,28,30)/t19-/m1/s1. The Kier molecular flexibility index (Phi) is 5.76. The summed E-state index contributed by atoms with van der Waals surface area (Å²) in [6, 6.07) is 11.6. The fraction of sp³-hybridized carbons (Fsp3) is 0.273. The molecule has 8 heteroatoms. The van der Waals surface area contributed by atoms with E-state index in [1.54, 1.807) is 6.20 Å². The molecule has 1 aliphatic heterocycles. The molecule has 30 heavy (non-hydrogen) atoms. The number of aromatic hydroxyl groups is 1. The van der Waals surface area contributed by atoms with Gasteiger partial charge in [0.1, 0.15) is 5.56 Å². The van der Waals surface area contributed by atoms with Crippen LogP contribution in [0.4, 0.5) is 0 Å². The molecule has 4 rings (SSSR count). The van der Waals surface area contributed by atoms with Gasteiger partial charge in [-0.3, -0.25) is 24.3 Å². The van der Waals surface area contributed by atoms with E-state index >= 15 is 0 Å². The molecule has 1 aliphatic rings. The van der Waals surface area contributed by atoms with Gasteiger partial charge in [0.05, 0.1) is 17.9 Å². The predicted molar refractivity (Wildman–Crippen MR) is 119 cm³/mol. The van der Waals surface area contributed by atoms with E-state index < -0.39 is 5.56 Å². The summed E-state index contributed by atoms with van der Waals surface area (Å²) < 4.78 is 1.58. The van der Waals surface area contributed by atoms with Gasteiger partial charge >= 0.3 is 0 Å². The summed E-state index contributed by atoms with van der Waals surface area (Å²) in [4.78, 5) is 19.4. The number of piperidine rings is 1. The van der Waals surface area contributed by atoms with Crippen molar-refractivity contribution in [1.82, 2.24) is 19.5 Å². The molecule has 3 heterocycles. The number of aromatic amines is 1.